The summed E-state index contributed by atoms with van der Waals surface area (Å²) in [7, 11) is 0. The number of halogens is 1. The van der Waals surface area contributed by atoms with Crippen molar-refractivity contribution in [2.75, 3.05) is 24.5 Å². The van der Waals surface area contributed by atoms with E-state index in [-0.39, 0.29) is 5.82 Å². The molecule has 112 valence electrons. The van der Waals surface area contributed by atoms with Gasteiger partial charge >= 0.3 is 0 Å². The maximum Gasteiger partial charge on any atom is 0.123 e. The van der Waals surface area contributed by atoms with Crippen molar-refractivity contribution in [3.05, 3.63) is 48.0 Å². The average Bonchev–Trinajstić information content (AvgIpc) is 3.17. The predicted molar refractivity (Wildman–Crippen MR) is 81.7 cm³/mol. The molecule has 4 nitrogen and oxygen atoms in total. The Morgan fingerprint density at radius 3 is 2.95 bits per heavy atom. The maximum absolute atomic E-state index is 13.0. The van der Waals surface area contributed by atoms with Gasteiger partial charge in [-0.3, -0.25) is 5.10 Å². The van der Waals surface area contributed by atoms with Gasteiger partial charge in [0.15, 0.2) is 0 Å². The van der Waals surface area contributed by atoms with Gasteiger partial charge in [0, 0.05) is 43.1 Å². The van der Waals surface area contributed by atoms with Crippen LogP contribution in [0, 0.1) is 11.7 Å². The van der Waals surface area contributed by atoms with E-state index in [1.54, 1.807) is 0 Å². The van der Waals surface area contributed by atoms with Crippen molar-refractivity contribution in [3.8, 4) is 0 Å². The van der Waals surface area contributed by atoms with Gasteiger partial charge in [0.25, 0.3) is 0 Å². The molecule has 1 saturated heterocycles. The molecule has 5 heteroatoms. The van der Waals surface area contributed by atoms with Crippen molar-refractivity contribution >= 4 is 5.69 Å². The zero-order chi connectivity index (χ0) is 14.7. The van der Waals surface area contributed by atoms with Gasteiger partial charge in [0.2, 0.25) is 0 Å². The lowest BCUT2D eigenvalue weighted by molar-refractivity contribution is 0.473. The Hall–Kier alpha value is -1.88. The van der Waals surface area contributed by atoms with Crippen molar-refractivity contribution in [1.29, 1.82) is 0 Å². The first-order valence-corrected chi connectivity index (χ1v) is 7.45. The summed E-state index contributed by atoms with van der Waals surface area (Å²) in [6, 6.07) is 7.09. The lowest BCUT2D eigenvalue weighted by Crippen LogP contribution is -2.28. The zero-order valence-electron chi connectivity index (χ0n) is 12.2. The van der Waals surface area contributed by atoms with E-state index in [0.29, 0.717) is 12.0 Å². The van der Waals surface area contributed by atoms with Crippen LogP contribution in [-0.2, 0) is 0 Å². The largest absolute Gasteiger partial charge is 0.371 e. The number of H-pyrrole nitrogens is 1. The standard InChI is InChI=1S/C16H21FN4/c1-12(14-9-19-20-10-14)18-8-13-6-7-21(11-13)16-4-2-15(17)3-5-16/h2-5,9-10,12-13,18H,6-8,11H2,1H3,(H,19,20)/t12-,13+/m1/s1. The molecule has 0 bridgehead atoms. The van der Waals surface area contributed by atoms with Crippen LogP contribution in [0.4, 0.5) is 10.1 Å². The number of aromatic amines is 1. The van der Waals surface area contributed by atoms with Gasteiger partial charge in [-0.05, 0) is 43.5 Å². The lowest BCUT2D eigenvalue weighted by Gasteiger charge is -2.20. The number of anilines is 1. The number of aromatic nitrogens is 2. The predicted octanol–water partition coefficient (Wildman–Crippen LogP) is 2.73. The van der Waals surface area contributed by atoms with Crippen LogP contribution in [-0.4, -0.2) is 29.8 Å². The number of hydrogen-bond donors (Lipinski definition) is 2. The Balaban J connectivity index is 1.49. The molecule has 21 heavy (non-hydrogen) atoms. The minimum absolute atomic E-state index is 0.176. The molecular weight excluding hydrogens is 267 g/mol. The van der Waals surface area contributed by atoms with E-state index in [2.05, 4.69) is 27.3 Å². The Bertz CT molecular complexity index is 552. The van der Waals surface area contributed by atoms with Crippen LogP contribution >= 0.6 is 0 Å². The van der Waals surface area contributed by atoms with Gasteiger partial charge in [-0.1, -0.05) is 0 Å². The lowest BCUT2D eigenvalue weighted by atomic mass is 10.1. The summed E-state index contributed by atoms with van der Waals surface area (Å²) in [6.45, 7) is 5.20. The van der Waals surface area contributed by atoms with Crippen molar-refractivity contribution in [2.24, 2.45) is 5.92 Å². The molecule has 1 aliphatic heterocycles. The Morgan fingerprint density at radius 1 is 1.43 bits per heavy atom. The highest BCUT2D eigenvalue weighted by atomic mass is 19.1. The molecule has 1 aromatic heterocycles. The number of nitrogens with one attached hydrogen (secondary N) is 2. The maximum atomic E-state index is 13.0. The van der Waals surface area contributed by atoms with Crippen LogP contribution in [0.15, 0.2) is 36.7 Å². The van der Waals surface area contributed by atoms with Gasteiger partial charge in [-0.15, -0.1) is 0 Å². The molecule has 0 radical (unpaired) electrons. The molecule has 1 aliphatic rings. The molecule has 3 rings (SSSR count). The van der Waals surface area contributed by atoms with Gasteiger partial charge < -0.3 is 10.2 Å². The normalized spacial score (nSPS) is 19.9. The van der Waals surface area contributed by atoms with Crippen LogP contribution in [0.25, 0.3) is 0 Å². The SMILES string of the molecule is C[C@@H](NC[C@@H]1CCN(c2ccc(F)cc2)C1)c1cn[nH]c1. The fourth-order valence-electron chi connectivity index (χ4n) is 2.84. The summed E-state index contributed by atoms with van der Waals surface area (Å²) in [5.74, 6) is 0.453. The minimum atomic E-state index is -0.176. The summed E-state index contributed by atoms with van der Waals surface area (Å²) < 4.78 is 13.0. The molecule has 0 spiro atoms. The van der Waals surface area contributed by atoms with E-state index in [1.165, 1.54) is 24.1 Å². The molecule has 2 heterocycles. The Labute approximate surface area is 124 Å². The minimum Gasteiger partial charge on any atom is -0.371 e. The van der Waals surface area contributed by atoms with Crippen molar-refractivity contribution in [2.45, 2.75) is 19.4 Å². The monoisotopic (exact) mass is 288 g/mol. The first kappa shape index (κ1) is 14.1. The third kappa shape index (κ3) is 3.42. The van der Waals surface area contributed by atoms with E-state index in [1.807, 2.05) is 24.5 Å². The molecule has 0 unspecified atom stereocenters. The summed E-state index contributed by atoms with van der Waals surface area (Å²) in [5, 5.41) is 10.4. The molecule has 1 fully saturated rings. The molecule has 1 aromatic carbocycles. The second-order valence-corrected chi connectivity index (χ2v) is 5.74. The van der Waals surface area contributed by atoms with Crippen LogP contribution in [0.5, 0.6) is 0 Å². The van der Waals surface area contributed by atoms with Crippen molar-refractivity contribution in [3.63, 3.8) is 0 Å². The fraction of sp³-hybridized carbons (Fsp3) is 0.438. The Kier molecular flexibility index (Phi) is 4.20. The van der Waals surface area contributed by atoms with E-state index in [9.17, 15) is 4.39 Å². The topological polar surface area (TPSA) is 44.0 Å². The second kappa shape index (κ2) is 6.26. The van der Waals surface area contributed by atoms with Crippen LogP contribution < -0.4 is 10.2 Å². The van der Waals surface area contributed by atoms with Gasteiger partial charge in [0.05, 0.1) is 6.20 Å². The van der Waals surface area contributed by atoms with Gasteiger partial charge in [0.1, 0.15) is 5.82 Å². The fourth-order valence-corrected chi connectivity index (χ4v) is 2.84. The van der Waals surface area contributed by atoms with Crippen LogP contribution in [0.3, 0.4) is 0 Å². The first-order valence-electron chi connectivity index (χ1n) is 7.45. The van der Waals surface area contributed by atoms with Crippen LogP contribution in [0.1, 0.15) is 24.9 Å². The highest BCUT2D eigenvalue weighted by molar-refractivity contribution is 5.47. The quantitative estimate of drug-likeness (QED) is 0.889. The molecule has 2 atom stereocenters. The summed E-state index contributed by atoms with van der Waals surface area (Å²) in [6.07, 6.45) is 4.96. The number of hydrogen-bond acceptors (Lipinski definition) is 3. The number of nitrogens with zero attached hydrogens (tertiary/aromatic N) is 2. The third-order valence-corrected chi connectivity index (χ3v) is 4.21. The molecule has 0 aliphatic carbocycles. The summed E-state index contributed by atoms with van der Waals surface area (Å²) >= 11 is 0. The van der Waals surface area contributed by atoms with E-state index in [4.69, 9.17) is 0 Å². The second-order valence-electron chi connectivity index (χ2n) is 5.74. The summed E-state index contributed by atoms with van der Waals surface area (Å²) in [5.41, 5.74) is 2.30. The summed E-state index contributed by atoms with van der Waals surface area (Å²) in [4.78, 5) is 2.33. The molecule has 0 saturated carbocycles. The molecule has 0 amide bonds. The first-order chi connectivity index (χ1) is 10.2. The van der Waals surface area contributed by atoms with E-state index < -0.39 is 0 Å². The third-order valence-electron chi connectivity index (χ3n) is 4.21. The highest BCUT2D eigenvalue weighted by Crippen LogP contribution is 2.24. The zero-order valence-corrected chi connectivity index (χ0v) is 12.2. The highest BCUT2D eigenvalue weighted by Gasteiger charge is 2.23. The average molecular weight is 288 g/mol. The van der Waals surface area contributed by atoms with Crippen molar-refractivity contribution in [1.82, 2.24) is 15.5 Å². The Morgan fingerprint density at radius 2 is 2.24 bits per heavy atom. The van der Waals surface area contributed by atoms with Gasteiger partial charge in [-0.2, -0.15) is 5.10 Å². The number of rotatable bonds is 5. The van der Waals surface area contributed by atoms with E-state index in [0.717, 1.165) is 25.3 Å². The van der Waals surface area contributed by atoms with Crippen molar-refractivity contribution < 1.29 is 4.39 Å². The molecular formula is C16H21FN4. The number of benzene rings is 1. The van der Waals surface area contributed by atoms with Crippen LogP contribution in [0.2, 0.25) is 0 Å². The van der Waals surface area contributed by atoms with E-state index >= 15 is 0 Å². The smallest absolute Gasteiger partial charge is 0.123 e. The molecule has 2 aromatic rings. The molecule has 2 N–H and O–H groups in total. The van der Waals surface area contributed by atoms with Gasteiger partial charge in [-0.25, -0.2) is 4.39 Å².